The van der Waals surface area contributed by atoms with E-state index in [0.717, 1.165) is 0 Å². The van der Waals surface area contributed by atoms with Crippen LogP contribution in [0.5, 0.6) is 0 Å². The van der Waals surface area contributed by atoms with E-state index in [9.17, 15) is 0 Å². The Morgan fingerprint density at radius 3 is 1.12 bits per heavy atom. The van der Waals surface area contributed by atoms with E-state index in [4.69, 9.17) is 19.8 Å². The quantitative estimate of drug-likeness (QED) is 0.286. The maximum atomic E-state index is 9.10. The first-order valence-electron chi connectivity index (χ1n) is 1.11. The number of carbonyl (C=O) groups is 2. The molecule has 5 N–H and O–H groups in total. The van der Waals surface area contributed by atoms with Gasteiger partial charge in [0.2, 0.25) is 0 Å². The summed E-state index contributed by atoms with van der Waals surface area (Å²) in [6.45, 7) is 0. The Morgan fingerprint density at radius 1 is 1.00 bits per heavy atom. The van der Waals surface area contributed by atoms with Crippen molar-refractivity contribution in [3.63, 3.8) is 0 Å². The van der Waals surface area contributed by atoms with Crippen molar-refractivity contribution in [1.29, 1.82) is 0 Å². The summed E-state index contributed by atoms with van der Waals surface area (Å²) < 4.78 is 0. The minimum Gasteiger partial charge on any atom is -0.473 e. The Labute approximate surface area is 67.6 Å². The second-order valence-corrected chi connectivity index (χ2v) is 0.610. The molecule has 0 saturated heterocycles. The zero-order valence-corrected chi connectivity index (χ0v) is 6.42. The molecule has 0 aromatic rings. The number of aliphatic carboxylic acids is 2. The SMILES string of the molecule is N.O=C(O)C(=O)O.[Na]. The fourth-order valence-electron chi connectivity index (χ4n) is 0. The Balaban J connectivity index is -0.000000125. The summed E-state index contributed by atoms with van der Waals surface area (Å²) in [6.07, 6.45) is 0. The molecule has 8 heavy (non-hydrogen) atoms. The molecule has 0 aromatic heterocycles. The molecule has 0 saturated carbocycles. The maximum Gasteiger partial charge on any atom is 0.414 e. The third-order valence-electron chi connectivity index (χ3n) is 0.183. The predicted molar refractivity (Wildman–Crippen MR) is 26.0 cm³/mol. The number of carboxylic acids is 2. The monoisotopic (exact) mass is 130 g/mol. The Morgan fingerprint density at radius 2 is 1.12 bits per heavy atom. The zero-order chi connectivity index (χ0) is 5.15. The normalized spacial score (nSPS) is 5.50. The summed E-state index contributed by atoms with van der Waals surface area (Å²) in [7, 11) is 0. The average Bonchev–Trinajstić information content (AvgIpc) is 1.36. The van der Waals surface area contributed by atoms with Crippen molar-refractivity contribution in [3.05, 3.63) is 0 Å². The minimum absolute atomic E-state index is 0. The van der Waals surface area contributed by atoms with Gasteiger partial charge in [0.25, 0.3) is 0 Å². The molecule has 0 aromatic carbocycles. The first-order chi connectivity index (χ1) is 2.64. The van der Waals surface area contributed by atoms with Crippen molar-refractivity contribution < 1.29 is 19.8 Å². The van der Waals surface area contributed by atoms with Gasteiger partial charge in [-0.25, -0.2) is 9.59 Å². The predicted octanol–water partition coefficient (Wildman–Crippen LogP) is -1.06. The van der Waals surface area contributed by atoms with Crippen LogP contribution in [-0.4, -0.2) is 51.7 Å². The molecule has 0 bridgehead atoms. The molecule has 0 heterocycles. The molecule has 0 unspecified atom stereocenters. The molecule has 1 radical (unpaired) electrons. The van der Waals surface area contributed by atoms with E-state index in [-0.39, 0.29) is 35.7 Å². The molecule has 0 spiro atoms. The van der Waals surface area contributed by atoms with Crippen LogP contribution in [0.4, 0.5) is 0 Å². The van der Waals surface area contributed by atoms with Crippen molar-refractivity contribution in [2.75, 3.05) is 0 Å². The second-order valence-electron chi connectivity index (χ2n) is 0.610. The summed E-state index contributed by atoms with van der Waals surface area (Å²) in [5, 5.41) is 14.8. The topological polar surface area (TPSA) is 110 Å². The van der Waals surface area contributed by atoms with Gasteiger partial charge in [-0.15, -0.1) is 0 Å². The van der Waals surface area contributed by atoms with Crippen molar-refractivity contribution in [2.24, 2.45) is 0 Å². The molecule has 0 fully saturated rings. The fraction of sp³-hybridized carbons (Fsp3) is 0. The Hall–Kier alpha value is -0.100. The number of hydrogen-bond donors (Lipinski definition) is 3. The van der Waals surface area contributed by atoms with Crippen molar-refractivity contribution in [3.8, 4) is 0 Å². The van der Waals surface area contributed by atoms with Crippen LogP contribution in [0.1, 0.15) is 0 Å². The molecule has 43 valence electrons. The van der Waals surface area contributed by atoms with E-state index >= 15 is 0 Å². The van der Waals surface area contributed by atoms with E-state index in [2.05, 4.69) is 0 Å². The van der Waals surface area contributed by atoms with Crippen LogP contribution >= 0.6 is 0 Å². The molecule has 0 amide bonds. The first kappa shape index (κ1) is 15.7. The number of carboxylic acid groups (broad SMARTS) is 2. The molecular formula is C2H5NNaO4. The molecule has 0 atom stereocenters. The zero-order valence-electron chi connectivity index (χ0n) is 4.42. The van der Waals surface area contributed by atoms with Gasteiger partial charge in [0.05, 0.1) is 0 Å². The van der Waals surface area contributed by atoms with Gasteiger partial charge in [0, 0.05) is 29.6 Å². The molecule has 6 heteroatoms. The molecule has 0 aliphatic rings. The van der Waals surface area contributed by atoms with Crippen molar-refractivity contribution in [2.45, 2.75) is 0 Å². The van der Waals surface area contributed by atoms with Crippen molar-refractivity contribution in [1.82, 2.24) is 6.15 Å². The summed E-state index contributed by atoms with van der Waals surface area (Å²) in [4.78, 5) is 18.2. The third-order valence-corrected chi connectivity index (χ3v) is 0.183. The van der Waals surface area contributed by atoms with Crippen LogP contribution in [0.25, 0.3) is 0 Å². The van der Waals surface area contributed by atoms with E-state index in [1.807, 2.05) is 0 Å². The van der Waals surface area contributed by atoms with Crippen LogP contribution in [0, 0.1) is 0 Å². The van der Waals surface area contributed by atoms with Gasteiger partial charge < -0.3 is 16.4 Å². The number of hydrogen-bond acceptors (Lipinski definition) is 3. The molecule has 5 nitrogen and oxygen atoms in total. The smallest absolute Gasteiger partial charge is 0.414 e. The van der Waals surface area contributed by atoms with Crippen molar-refractivity contribution >= 4 is 41.5 Å². The van der Waals surface area contributed by atoms with E-state index in [1.54, 1.807) is 0 Å². The van der Waals surface area contributed by atoms with E-state index < -0.39 is 11.9 Å². The summed E-state index contributed by atoms with van der Waals surface area (Å²) in [5.74, 6) is -3.65. The van der Waals surface area contributed by atoms with Gasteiger partial charge in [0.1, 0.15) is 0 Å². The van der Waals surface area contributed by atoms with Gasteiger partial charge >= 0.3 is 11.9 Å². The fourth-order valence-corrected chi connectivity index (χ4v) is 0. The standard InChI is InChI=1S/C2H2O4.H3N.Na/c3-1(4)2(5)6;;/h(H,3,4)(H,5,6);1H3;. The molecule has 0 aliphatic carbocycles. The largest absolute Gasteiger partial charge is 0.473 e. The maximum absolute atomic E-state index is 9.10. The van der Waals surface area contributed by atoms with Crippen LogP contribution in [0.2, 0.25) is 0 Å². The summed E-state index contributed by atoms with van der Waals surface area (Å²) in [5.41, 5.74) is 0. The van der Waals surface area contributed by atoms with Crippen LogP contribution in [0.15, 0.2) is 0 Å². The Bertz CT molecular complexity index is 80.0. The summed E-state index contributed by atoms with van der Waals surface area (Å²) >= 11 is 0. The van der Waals surface area contributed by atoms with Gasteiger partial charge in [-0.2, -0.15) is 0 Å². The molecular weight excluding hydrogens is 125 g/mol. The van der Waals surface area contributed by atoms with Gasteiger partial charge in [-0.1, -0.05) is 0 Å². The Kier molecular flexibility index (Phi) is 13.5. The van der Waals surface area contributed by atoms with E-state index in [0.29, 0.717) is 0 Å². The molecule has 0 rings (SSSR count). The third kappa shape index (κ3) is 9.31. The van der Waals surface area contributed by atoms with Gasteiger partial charge in [0.15, 0.2) is 0 Å². The summed E-state index contributed by atoms with van der Waals surface area (Å²) in [6, 6.07) is 0. The average molecular weight is 130 g/mol. The van der Waals surface area contributed by atoms with Gasteiger partial charge in [-0.05, 0) is 0 Å². The first-order valence-corrected chi connectivity index (χ1v) is 1.11. The van der Waals surface area contributed by atoms with Crippen LogP contribution in [0.3, 0.4) is 0 Å². The molecule has 0 aliphatic heterocycles. The minimum atomic E-state index is -1.82. The number of rotatable bonds is 0. The van der Waals surface area contributed by atoms with Gasteiger partial charge in [-0.3, -0.25) is 0 Å². The van der Waals surface area contributed by atoms with Crippen LogP contribution < -0.4 is 6.15 Å². The second kappa shape index (κ2) is 6.90. The van der Waals surface area contributed by atoms with Crippen LogP contribution in [-0.2, 0) is 9.59 Å². The van der Waals surface area contributed by atoms with E-state index in [1.165, 1.54) is 0 Å².